The van der Waals surface area contributed by atoms with E-state index in [1.807, 2.05) is 0 Å². The topological polar surface area (TPSA) is 21.3 Å². The molecule has 2 rings (SSSR count). The van der Waals surface area contributed by atoms with E-state index in [0.717, 1.165) is 13.0 Å². The molecule has 3 unspecified atom stereocenters. The standard InChI is InChI=1S/C13H21NOS/c1-4-13(3)11(8-12(13)15-5-2)14-10-6-7-16-9-10/h6-7,9,11-12,14H,4-5,8H2,1-3H3. The fraction of sp³-hybridized carbons (Fsp3) is 0.692. The maximum Gasteiger partial charge on any atom is 0.0667 e. The van der Waals surface area contributed by atoms with Crippen molar-refractivity contribution in [2.24, 2.45) is 5.41 Å². The number of hydrogen-bond acceptors (Lipinski definition) is 3. The van der Waals surface area contributed by atoms with Crippen molar-refractivity contribution in [2.45, 2.75) is 45.8 Å². The van der Waals surface area contributed by atoms with Gasteiger partial charge in [0.2, 0.25) is 0 Å². The maximum absolute atomic E-state index is 5.80. The van der Waals surface area contributed by atoms with Crippen LogP contribution in [0.1, 0.15) is 33.6 Å². The lowest BCUT2D eigenvalue weighted by Gasteiger charge is -2.53. The lowest BCUT2D eigenvalue weighted by molar-refractivity contribution is -0.109. The molecular formula is C13H21NOS. The number of anilines is 1. The molecule has 1 aliphatic carbocycles. The molecule has 16 heavy (non-hydrogen) atoms. The Hall–Kier alpha value is -0.540. The Bertz CT molecular complexity index is 325. The van der Waals surface area contributed by atoms with Gasteiger partial charge in [0, 0.05) is 29.1 Å². The molecule has 1 N–H and O–H groups in total. The van der Waals surface area contributed by atoms with Gasteiger partial charge >= 0.3 is 0 Å². The summed E-state index contributed by atoms with van der Waals surface area (Å²) >= 11 is 1.74. The summed E-state index contributed by atoms with van der Waals surface area (Å²) in [6, 6.07) is 2.71. The zero-order valence-electron chi connectivity index (χ0n) is 10.3. The van der Waals surface area contributed by atoms with Crippen LogP contribution in [0.4, 0.5) is 5.69 Å². The number of thiophene rings is 1. The van der Waals surface area contributed by atoms with E-state index in [2.05, 4.69) is 42.9 Å². The number of rotatable bonds is 5. The average molecular weight is 239 g/mol. The van der Waals surface area contributed by atoms with Crippen molar-refractivity contribution >= 4 is 17.0 Å². The van der Waals surface area contributed by atoms with Crippen LogP contribution in [0, 0.1) is 5.41 Å². The van der Waals surface area contributed by atoms with Gasteiger partial charge in [-0.3, -0.25) is 0 Å². The van der Waals surface area contributed by atoms with Crippen LogP contribution in [0.15, 0.2) is 16.8 Å². The molecule has 3 atom stereocenters. The molecule has 0 radical (unpaired) electrons. The summed E-state index contributed by atoms with van der Waals surface area (Å²) in [5.74, 6) is 0. The Morgan fingerprint density at radius 1 is 1.56 bits per heavy atom. The molecule has 1 heterocycles. The highest BCUT2D eigenvalue weighted by molar-refractivity contribution is 7.08. The first-order valence-corrected chi connectivity index (χ1v) is 7.05. The molecule has 1 aromatic heterocycles. The molecule has 0 spiro atoms. The predicted octanol–water partition coefficient (Wildman–Crippen LogP) is 3.75. The third kappa shape index (κ3) is 1.98. The molecular weight excluding hydrogens is 218 g/mol. The molecule has 1 saturated carbocycles. The Morgan fingerprint density at radius 3 is 2.94 bits per heavy atom. The lowest BCUT2D eigenvalue weighted by Crippen LogP contribution is -2.59. The van der Waals surface area contributed by atoms with Crippen LogP contribution in [-0.4, -0.2) is 18.8 Å². The van der Waals surface area contributed by atoms with Gasteiger partial charge in [0.15, 0.2) is 0 Å². The normalized spacial score (nSPS) is 33.4. The van der Waals surface area contributed by atoms with Crippen molar-refractivity contribution in [1.82, 2.24) is 0 Å². The molecule has 0 amide bonds. The highest BCUT2D eigenvalue weighted by Crippen LogP contribution is 2.47. The fourth-order valence-corrected chi connectivity index (χ4v) is 3.12. The SMILES string of the molecule is CCOC1CC(Nc2ccsc2)C1(C)CC. The van der Waals surface area contributed by atoms with E-state index >= 15 is 0 Å². The summed E-state index contributed by atoms with van der Waals surface area (Å²) in [7, 11) is 0. The van der Waals surface area contributed by atoms with Gasteiger partial charge < -0.3 is 10.1 Å². The molecule has 1 aromatic rings. The van der Waals surface area contributed by atoms with Gasteiger partial charge in [0.25, 0.3) is 0 Å². The van der Waals surface area contributed by atoms with Crippen LogP contribution >= 0.6 is 11.3 Å². The van der Waals surface area contributed by atoms with Crippen LogP contribution in [0.3, 0.4) is 0 Å². The average Bonchev–Trinajstić information content (AvgIpc) is 2.79. The van der Waals surface area contributed by atoms with Crippen molar-refractivity contribution < 1.29 is 4.74 Å². The zero-order valence-corrected chi connectivity index (χ0v) is 11.1. The highest BCUT2D eigenvalue weighted by Gasteiger charge is 2.51. The van der Waals surface area contributed by atoms with Gasteiger partial charge in [-0.1, -0.05) is 13.8 Å². The second-order valence-corrected chi connectivity index (χ2v) is 5.53. The first-order valence-electron chi connectivity index (χ1n) is 6.11. The minimum Gasteiger partial charge on any atom is -0.381 e. The van der Waals surface area contributed by atoms with Gasteiger partial charge in [-0.2, -0.15) is 11.3 Å². The van der Waals surface area contributed by atoms with Gasteiger partial charge in [-0.05, 0) is 31.2 Å². The van der Waals surface area contributed by atoms with Gasteiger partial charge in [-0.15, -0.1) is 0 Å². The maximum atomic E-state index is 5.80. The molecule has 0 aromatic carbocycles. The number of hydrogen-bond donors (Lipinski definition) is 1. The van der Waals surface area contributed by atoms with E-state index in [4.69, 9.17) is 4.74 Å². The molecule has 90 valence electrons. The van der Waals surface area contributed by atoms with Crippen LogP contribution in [-0.2, 0) is 4.74 Å². The molecule has 0 saturated heterocycles. The highest BCUT2D eigenvalue weighted by atomic mass is 32.1. The monoisotopic (exact) mass is 239 g/mol. The van der Waals surface area contributed by atoms with E-state index in [0.29, 0.717) is 12.1 Å². The quantitative estimate of drug-likeness (QED) is 0.845. The van der Waals surface area contributed by atoms with Crippen LogP contribution < -0.4 is 5.32 Å². The van der Waals surface area contributed by atoms with E-state index in [-0.39, 0.29) is 5.41 Å². The minimum atomic E-state index is 0.290. The Morgan fingerprint density at radius 2 is 2.38 bits per heavy atom. The second-order valence-electron chi connectivity index (χ2n) is 4.75. The smallest absolute Gasteiger partial charge is 0.0667 e. The van der Waals surface area contributed by atoms with Crippen molar-refractivity contribution in [3.8, 4) is 0 Å². The fourth-order valence-electron chi connectivity index (χ4n) is 2.52. The summed E-state index contributed by atoms with van der Waals surface area (Å²) in [5, 5.41) is 7.90. The van der Waals surface area contributed by atoms with Crippen LogP contribution in [0.25, 0.3) is 0 Å². The van der Waals surface area contributed by atoms with Gasteiger partial charge in [0.1, 0.15) is 0 Å². The third-order valence-corrected chi connectivity index (χ3v) is 4.66. The molecule has 3 heteroatoms. The summed E-state index contributed by atoms with van der Waals surface area (Å²) < 4.78 is 5.80. The molecule has 2 nitrogen and oxygen atoms in total. The summed E-state index contributed by atoms with van der Waals surface area (Å²) in [6.07, 6.45) is 2.73. The van der Waals surface area contributed by atoms with E-state index < -0.39 is 0 Å². The summed E-state index contributed by atoms with van der Waals surface area (Å²) in [6.45, 7) is 7.50. The van der Waals surface area contributed by atoms with Crippen LogP contribution in [0.5, 0.6) is 0 Å². The third-order valence-electron chi connectivity index (χ3n) is 3.97. The largest absolute Gasteiger partial charge is 0.381 e. The van der Waals surface area contributed by atoms with Crippen molar-refractivity contribution in [1.29, 1.82) is 0 Å². The molecule has 0 bridgehead atoms. The minimum absolute atomic E-state index is 0.290. The first-order chi connectivity index (χ1) is 7.70. The molecule has 0 aliphatic heterocycles. The summed E-state index contributed by atoms with van der Waals surface area (Å²) in [4.78, 5) is 0. The van der Waals surface area contributed by atoms with E-state index in [9.17, 15) is 0 Å². The Labute approximate surface area is 102 Å². The van der Waals surface area contributed by atoms with E-state index in [1.165, 1.54) is 12.1 Å². The summed E-state index contributed by atoms with van der Waals surface area (Å²) in [5.41, 5.74) is 1.54. The predicted molar refractivity (Wildman–Crippen MR) is 70.2 cm³/mol. The van der Waals surface area contributed by atoms with Gasteiger partial charge in [-0.25, -0.2) is 0 Å². The van der Waals surface area contributed by atoms with E-state index in [1.54, 1.807) is 11.3 Å². The Kier molecular flexibility index (Phi) is 3.55. The van der Waals surface area contributed by atoms with Crippen molar-refractivity contribution in [2.75, 3.05) is 11.9 Å². The van der Waals surface area contributed by atoms with Crippen molar-refractivity contribution in [3.63, 3.8) is 0 Å². The second kappa shape index (κ2) is 4.76. The Balaban J connectivity index is 1.97. The zero-order chi connectivity index (χ0) is 11.6. The first kappa shape index (κ1) is 11.9. The number of nitrogens with one attached hydrogen (secondary N) is 1. The lowest BCUT2D eigenvalue weighted by atomic mass is 9.61. The van der Waals surface area contributed by atoms with Crippen molar-refractivity contribution in [3.05, 3.63) is 16.8 Å². The number of ether oxygens (including phenoxy) is 1. The molecule has 1 fully saturated rings. The van der Waals surface area contributed by atoms with Crippen LogP contribution in [0.2, 0.25) is 0 Å². The van der Waals surface area contributed by atoms with Gasteiger partial charge in [0.05, 0.1) is 6.10 Å². The molecule has 1 aliphatic rings.